The van der Waals surface area contributed by atoms with Crippen molar-refractivity contribution in [3.05, 3.63) is 34.4 Å². The number of halogens is 1. The van der Waals surface area contributed by atoms with E-state index in [0.717, 1.165) is 0 Å². The maximum absolute atomic E-state index is 10.6. The fourth-order valence-corrected chi connectivity index (χ4v) is 1.05. The molecule has 1 aromatic rings. The van der Waals surface area contributed by atoms with Gasteiger partial charge < -0.3 is 9.84 Å². The molecule has 0 aromatic heterocycles. The van der Waals surface area contributed by atoms with Crippen LogP contribution in [-0.2, 0) is 0 Å². The highest BCUT2D eigenvalue weighted by Crippen LogP contribution is 2.25. The molecule has 1 atom stereocenters. The first-order valence-corrected chi connectivity index (χ1v) is 4.79. The Labute approximate surface area is 91.4 Å². The van der Waals surface area contributed by atoms with E-state index < -0.39 is 11.0 Å². The SMILES string of the molecule is O=[N+]([O-])c1ccccc1OCC(O)CCl. The lowest BCUT2D eigenvalue weighted by molar-refractivity contribution is -0.385. The first-order chi connectivity index (χ1) is 7.15. The highest BCUT2D eigenvalue weighted by atomic mass is 35.5. The molecule has 0 aliphatic carbocycles. The summed E-state index contributed by atoms with van der Waals surface area (Å²) in [5.41, 5.74) is -0.126. The number of hydrogen-bond acceptors (Lipinski definition) is 4. The molecule has 0 heterocycles. The number of rotatable bonds is 5. The summed E-state index contributed by atoms with van der Waals surface area (Å²) in [5, 5.41) is 19.7. The summed E-state index contributed by atoms with van der Waals surface area (Å²) < 4.78 is 5.07. The van der Waals surface area contributed by atoms with E-state index in [1.54, 1.807) is 12.1 Å². The Hall–Kier alpha value is -1.33. The zero-order valence-corrected chi connectivity index (χ0v) is 8.55. The fourth-order valence-electron chi connectivity index (χ4n) is 0.961. The zero-order valence-electron chi connectivity index (χ0n) is 7.80. The van der Waals surface area contributed by atoms with E-state index in [2.05, 4.69) is 0 Å². The van der Waals surface area contributed by atoms with Gasteiger partial charge in [0.15, 0.2) is 5.75 Å². The van der Waals surface area contributed by atoms with Gasteiger partial charge in [0, 0.05) is 6.07 Å². The van der Waals surface area contributed by atoms with Gasteiger partial charge in [0.2, 0.25) is 0 Å². The number of nitro benzene ring substituents is 1. The lowest BCUT2D eigenvalue weighted by Crippen LogP contribution is -2.19. The zero-order chi connectivity index (χ0) is 11.3. The molecule has 0 amide bonds. The van der Waals surface area contributed by atoms with Crippen LogP contribution in [0.25, 0.3) is 0 Å². The molecule has 0 radical (unpaired) electrons. The number of alkyl halides is 1. The van der Waals surface area contributed by atoms with E-state index in [9.17, 15) is 10.1 Å². The van der Waals surface area contributed by atoms with E-state index in [0.29, 0.717) is 0 Å². The Morgan fingerprint density at radius 1 is 1.53 bits per heavy atom. The van der Waals surface area contributed by atoms with Gasteiger partial charge in [0.05, 0.1) is 10.8 Å². The quantitative estimate of drug-likeness (QED) is 0.474. The average Bonchev–Trinajstić information content (AvgIpc) is 2.26. The molecule has 5 nitrogen and oxygen atoms in total. The summed E-state index contributed by atoms with van der Waals surface area (Å²) >= 11 is 5.36. The lowest BCUT2D eigenvalue weighted by Gasteiger charge is -2.09. The van der Waals surface area contributed by atoms with E-state index in [4.69, 9.17) is 21.4 Å². The van der Waals surface area contributed by atoms with Gasteiger partial charge in [0.1, 0.15) is 12.7 Å². The van der Waals surface area contributed by atoms with Crippen molar-refractivity contribution in [2.45, 2.75) is 6.10 Å². The van der Waals surface area contributed by atoms with Crippen LogP contribution in [-0.4, -0.2) is 28.6 Å². The molecule has 0 bridgehead atoms. The summed E-state index contributed by atoms with van der Waals surface area (Å²) in [6.07, 6.45) is -0.827. The van der Waals surface area contributed by atoms with Crippen LogP contribution in [0.1, 0.15) is 0 Å². The summed E-state index contributed by atoms with van der Waals surface area (Å²) in [4.78, 5) is 10.0. The van der Waals surface area contributed by atoms with Crippen LogP contribution < -0.4 is 4.74 Å². The molecule has 0 aliphatic heterocycles. The van der Waals surface area contributed by atoms with Gasteiger partial charge >= 0.3 is 5.69 Å². The molecule has 1 N–H and O–H groups in total. The van der Waals surface area contributed by atoms with Crippen LogP contribution in [0.2, 0.25) is 0 Å². The van der Waals surface area contributed by atoms with Crippen LogP contribution >= 0.6 is 11.6 Å². The maximum Gasteiger partial charge on any atom is 0.310 e. The largest absolute Gasteiger partial charge is 0.484 e. The van der Waals surface area contributed by atoms with Crippen molar-refractivity contribution in [3.8, 4) is 5.75 Å². The highest BCUT2D eigenvalue weighted by molar-refractivity contribution is 6.18. The van der Waals surface area contributed by atoms with Gasteiger partial charge in [-0.2, -0.15) is 0 Å². The highest BCUT2D eigenvalue weighted by Gasteiger charge is 2.14. The molecule has 0 spiro atoms. The first kappa shape index (κ1) is 11.7. The van der Waals surface area contributed by atoms with Gasteiger partial charge in [-0.05, 0) is 6.07 Å². The van der Waals surface area contributed by atoms with Crippen molar-refractivity contribution in [1.82, 2.24) is 0 Å². The van der Waals surface area contributed by atoms with Gasteiger partial charge in [-0.25, -0.2) is 0 Å². The number of nitro groups is 1. The smallest absolute Gasteiger partial charge is 0.310 e. The predicted octanol–water partition coefficient (Wildman–Crippen LogP) is 1.57. The Kier molecular flexibility index (Phi) is 4.33. The van der Waals surface area contributed by atoms with Crippen LogP contribution in [0.5, 0.6) is 5.75 Å². The molecule has 82 valence electrons. The van der Waals surface area contributed by atoms with Gasteiger partial charge in [0.25, 0.3) is 0 Å². The van der Waals surface area contributed by atoms with Gasteiger partial charge in [-0.3, -0.25) is 10.1 Å². The molecular formula is C9H10ClNO4. The molecule has 6 heteroatoms. The van der Waals surface area contributed by atoms with Crippen LogP contribution in [0.3, 0.4) is 0 Å². The normalized spacial score (nSPS) is 12.1. The first-order valence-electron chi connectivity index (χ1n) is 4.25. The minimum atomic E-state index is -0.827. The Balaban J connectivity index is 2.72. The van der Waals surface area contributed by atoms with Crippen LogP contribution in [0, 0.1) is 10.1 Å². The van der Waals surface area contributed by atoms with Crippen molar-refractivity contribution in [3.63, 3.8) is 0 Å². The Morgan fingerprint density at radius 3 is 2.80 bits per heavy atom. The van der Waals surface area contributed by atoms with Crippen molar-refractivity contribution in [1.29, 1.82) is 0 Å². The number of aliphatic hydroxyl groups is 1. The second kappa shape index (κ2) is 5.53. The molecule has 15 heavy (non-hydrogen) atoms. The maximum atomic E-state index is 10.6. The number of hydrogen-bond donors (Lipinski definition) is 1. The molecular weight excluding hydrogens is 222 g/mol. The second-order valence-electron chi connectivity index (χ2n) is 2.84. The number of aliphatic hydroxyl groups excluding tert-OH is 1. The molecule has 1 rings (SSSR count). The molecule has 0 aliphatic rings. The summed E-state index contributed by atoms with van der Waals surface area (Å²) in [6, 6.07) is 5.97. The summed E-state index contributed by atoms with van der Waals surface area (Å²) in [6.45, 7) is -0.0612. The number of nitrogens with zero attached hydrogens (tertiary/aromatic N) is 1. The van der Waals surface area contributed by atoms with E-state index in [1.165, 1.54) is 12.1 Å². The van der Waals surface area contributed by atoms with Crippen molar-refractivity contribution in [2.75, 3.05) is 12.5 Å². The van der Waals surface area contributed by atoms with E-state index in [1.807, 2.05) is 0 Å². The number of ether oxygens (including phenoxy) is 1. The van der Waals surface area contributed by atoms with Crippen LogP contribution in [0.15, 0.2) is 24.3 Å². The molecule has 0 saturated carbocycles. The predicted molar refractivity (Wildman–Crippen MR) is 55.3 cm³/mol. The van der Waals surface area contributed by atoms with E-state index >= 15 is 0 Å². The Morgan fingerprint density at radius 2 is 2.20 bits per heavy atom. The minimum absolute atomic E-state index is 0.0284. The van der Waals surface area contributed by atoms with Crippen molar-refractivity contribution in [2.24, 2.45) is 0 Å². The molecule has 0 fully saturated rings. The Bertz CT molecular complexity index is 345. The minimum Gasteiger partial charge on any atom is -0.484 e. The summed E-state index contributed by atoms with van der Waals surface area (Å²) in [5.74, 6) is 0.160. The summed E-state index contributed by atoms with van der Waals surface area (Å²) in [7, 11) is 0. The van der Waals surface area contributed by atoms with E-state index in [-0.39, 0.29) is 23.9 Å². The second-order valence-corrected chi connectivity index (χ2v) is 3.15. The lowest BCUT2D eigenvalue weighted by atomic mass is 10.3. The van der Waals surface area contributed by atoms with Gasteiger partial charge in [-0.15, -0.1) is 11.6 Å². The standard InChI is InChI=1S/C9H10ClNO4/c10-5-7(12)6-15-9-4-2-1-3-8(9)11(13)14/h1-4,7,12H,5-6H2. The van der Waals surface area contributed by atoms with Crippen molar-refractivity contribution < 1.29 is 14.8 Å². The molecule has 0 saturated heterocycles. The third-order valence-electron chi connectivity index (χ3n) is 1.67. The monoisotopic (exact) mass is 231 g/mol. The number of para-hydroxylation sites is 2. The topological polar surface area (TPSA) is 72.6 Å². The van der Waals surface area contributed by atoms with Gasteiger partial charge in [-0.1, -0.05) is 12.1 Å². The third kappa shape index (κ3) is 3.38. The van der Waals surface area contributed by atoms with Crippen molar-refractivity contribution >= 4 is 17.3 Å². The van der Waals surface area contributed by atoms with Crippen LogP contribution in [0.4, 0.5) is 5.69 Å². The molecule has 1 unspecified atom stereocenters. The number of benzene rings is 1. The average molecular weight is 232 g/mol. The molecule has 1 aromatic carbocycles. The fraction of sp³-hybridized carbons (Fsp3) is 0.333. The third-order valence-corrected chi connectivity index (χ3v) is 2.03.